The Morgan fingerprint density at radius 1 is 1.05 bits per heavy atom. The van der Waals surface area contributed by atoms with Crippen LogP contribution in [0, 0.1) is 11.8 Å². The molecule has 0 spiro atoms. The quantitative estimate of drug-likeness (QED) is 0.126. The lowest BCUT2D eigenvalue weighted by molar-refractivity contribution is -0.139. The van der Waals surface area contributed by atoms with Gasteiger partial charge in [0.25, 0.3) is 5.91 Å². The molecular weight excluding hydrogens is 512 g/mol. The summed E-state index contributed by atoms with van der Waals surface area (Å²) >= 11 is 0. The van der Waals surface area contributed by atoms with Crippen LogP contribution in [-0.4, -0.2) is 46.4 Å². The number of oxazole rings is 1. The smallest absolute Gasteiger partial charge is 0.326 e. The normalized spacial score (nSPS) is 13.1. The minimum absolute atomic E-state index is 0.0755. The highest BCUT2D eigenvalue weighted by Crippen LogP contribution is 2.28. The van der Waals surface area contributed by atoms with Gasteiger partial charge in [0.15, 0.2) is 11.7 Å². The van der Waals surface area contributed by atoms with E-state index in [1.807, 2.05) is 39.8 Å². The van der Waals surface area contributed by atoms with Gasteiger partial charge in [-0.2, -0.15) is 0 Å². The Balaban J connectivity index is 2.15. The highest BCUT2D eigenvalue weighted by molar-refractivity contribution is 5.94. The predicted octanol–water partition coefficient (Wildman–Crippen LogP) is 3.29. The molecule has 0 fully saturated rings. The van der Waals surface area contributed by atoms with E-state index in [-0.39, 0.29) is 42.3 Å². The van der Waals surface area contributed by atoms with Gasteiger partial charge >= 0.3 is 5.97 Å². The molecule has 1 aromatic heterocycles. The SMILES string of the molecule is CC(C)Cc1ccc(C(C)(C)C(=O)NC(CC(C)C)c2nc(C(=O)NC(CCCN=C(N)N)C(=O)O)co2)cc1. The second-order valence-corrected chi connectivity index (χ2v) is 11.5. The summed E-state index contributed by atoms with van der Waals surface area (Å²) < 4.78 is 5.61. The Labute approximate surface area is 236 Å². The lowest BCUT2D eigenvalue weighted by Crippen LogP contribution is -2.42. The van der Waals surface area contributed by atoms with E-state index in [9.17, 15) is 19.5 Å². The van der Waals surface area contributed by atoms with Gasteiger partial charge in [-0.25, -0.2) is 9.78 Å². The fourth-order valence-corrected chi connectivity index (χ4v) is 4.24. The maximum atomic E-state index is 13.5. The number of carbonyl (C=O) groups excluding carboxylic acids is 2. The Morgan fingerprint density at radius 2 is 1.70 bits per heavy atom. The number of hydrogen-bond acceptors (Lipinski definition) is 6. The van der Waals surface area contributed by atoms with Gasteiger partial charge in [0, 0.05) is 6.54 Å². The monoisotopic (exact) mass is 556 g/mol. The highest BCUT2D eigenvalue weighted by Gasteiger charge is 2.33. The Bertz CT molecular complexity index is 1170. The van der Waals surface area contributed by atoms with Gasteiger partial charge in [-0.3, -0.25) is 14.6 Å². The molecule has 1 aromatic carbocycles. The van der Waals surface area contributed by atoms with Crippen molar-refractivity contribution in [3.8, 4) is 0 Å². The first-order valence-electron chi connectivity index (χ1n) is 13.7. The minimum atomic E-state index is -1.19. The maximum Gasteiger partial charge on any atom is 0.326 e. The molecule has 11 nitrogen and oxygen atoms in total. The van der Waals surface area contributed by atoms with Crippen molar-refractivity contribution in [2.24, 2.45) is 28.3 Å². The Kier molecular flexibility index (Phi) is 11.7. The number of nitrogens with zero attached hydrogens (tertiary/aromatic N) is 2. The molecule has 0 saturated heterocycles. The lowest BCUT2D eigenvalue weighted by atomic mass is 9.82. The second kappa shape index (κ2) is 14.5. The van der Waals surface area contributed by atoms with Crippen LogP contribution >= 0.6 is 0 Å². The third kappa shape index (κ3) is 9.69. The maximum absolute atomic E-state index is 13.5. The zero-order chi connectivity index (χ0) is 30.0. The fourth-order valence-electron chi connectivity index (χ4n) is 4.24. The molecule has 220 valence electrons. The van der Waals surface area contributed by atoms with Crippen LogP contribution in [-0.2, 0) is 21.4 Å². The topological polar surface area (TPSA) is 186 Å². The van der Waals surface area contributed by atoms with Crippen molar-refractivity contribution >= 4 is 23.7 Å². The number of aliphatic imine (C=N–C) groups is 1. The van der Waals surface area contributed by atoms with E-state index in [0.717, 1.165) is 12.0 Å². The van der Waals surface area contributed by atoms with E-state index in [2.05, 4.69) is 46.6 Å². The number of guanidine groups is 1. The Morgan fingerprint density at radius 3 is 2.25 bits per heavy atom. The van der Waals surface area contributed by atoms with Crippen LogP contribution in [0.5, 0.6) is 0 Å². The predicted molar refractivity (Wildman–Crippen MR) is 154 cm³/mol. The van der Waals surface area contributed by atoms with Gasteiger partial charge in [0.2, 0.25) is 11.8 Å². The number of nitrogens with two attached hydrogens (primary N) is 2. The molecule has 0 aliphatic heterocycles. The number of amides is 2. The number of carboxylic acid groups (broad SMARTS) is 1. The van der Waals surface area contributed by atoms with E-state index in [1.165, 1.54) is 11.8 Å². The molecule has 0 saturated carbocycles. The van der Waals surface area contributed by atoms with Crippen LogP contribution in [0.3, 0.4) is 0 Å². The summed E-state index contributed by atoms with van der Waals surface area (Å²) in [5.41, 5.74) is 11.8. The number of benzene rings is 1. The molecule has 0 bridgehead atoms. The van der Waals surface area contributed by atoms with Crippen LogP contribution in [0.1, 0.15) is 94.4 Å². The van der Waals surface area contributed by atoms with Crippen molar-refractivity contribution in [1.29, 1.82) is 0 Å². The molecule has 0 aliphatic rings. The number of rotatable bonds is 15. The van der Waals surface area contributed by atoms with Gasteiger partial charge in [-0.15, -0.1) is 0 Å². The van der Waals surface area contributed by atoms with Crippen LogP contribution in [0.4, 0.5) is 0 Å². The van der Waals surface area contributed by atoms with Gasteiger partial charge in [0.05, 0.1) is 5.41 Å². The minimum Gasteiger partial charge on any atom is -0.480 e. The number of aromatic nitrogens is 1. The number of nitrogens with one attached hydrogen (secondary N) is 2. The summed E-state index contributed by atoms with van der Waals surface area (Å²) in [7, 11) is 0. The van der Waals surface area contributed by atoms with E-state index < -0.39 is 29.4 Å². The first kappa shape index (κ1) is 32.3. The van der Waals surface area contributed by atoms with Gasteiger partial charge in [-0.1, -0.05) is 52.0 Å². The standard InChI is InChI=1S/C29H44N6O5/c1-17(2)14-19-9-11-20(12-10-19)29(5,6)27(39)35-22(15-18(3)4)25-34-23(16-40-25)24(36)33-21(26(37)38)8-7-13-32-28(30)31/h9-12,16-18,21-22H,7-8,13-15H2,1-6H3,(H,33,36)(H,35,39)(H,37,38)(H4,30,31,32). The zero-order valence-electron chi connectivity index (χ0n) is 24.4. The molecule has 0 aliphatic carbocycles. The van der Waals surface area contributed by atoms with Crippen LogP contribution in [0.25, 0.3) is 0 Å². The van der Waals surface area contributed by atoms with E-state index >= 15 is 0 Å². The molecule has 2 aromatic rings. The van der Waals surface area contributed by atoms with E-state index in [0.29, 0.717) is 18.8 Å². The lowest BCUT2D eigenvalue weighted by Gasteiger charge is -2.27. The van der Waals surface area contributed by atoms with Crippen molar-refractivity contribution in [2.45, 2.75) is 84.7 Å². The Hall–Kier alpha value is -3.89. The highest BCUT2D eigenvalue weighted by atomic mass is 16.4. The van der Waals surface area contributed by atoms with Gasteiger partial charge < -0.3 is 31.6 Å². The summed E-state index contributed by atoms with van der Waals surface area (Å²) in [6.45, 7) is 12.3. The van der Waals surface area contributed by atoms with Crippen molar-refractivity contribution < 1.29 is 23.9 Å². The van der Waals surface area contributed by atoms with E-state index in [1.54, 1.807) is 0 Å². The third-order valence-corrected chi connectivity index (χ3v) is 6.50. The average molecular weight is 557 g/mol. The molecular formula is C29H44N6O5. The molecule has 1 heterocycles. The summed E-state index contributed by atoms with van der Waals surface area (Å²) in [4.78, 5) is 46.0. The molecule has 7 N–H and O–H groups in total. The van der Waals surface area contributed by atoms with Crippen LogP contribution in [0.2, 0.25) is 0 Å². The van der Waals surface area contributed by atoms with Crippen molar-refractivity contribution in [3.63, 3.8) is 0 Å². The summed E-state index contributed by atoms with van der Waals surface area (Å²) in [5, 5.41) is 15.0. The fraction of sp³-hybridized carbons (Fsp3) is 0.552. The van der Waals surface area contributed by atoms with Gasteiger partial charge in [0.1, 0.15) is 18.3 Å². The first-order valence-corrected chi connectivity index (χ1v) is 13.7. The molecule has 11 heteroatoms. The summed E-state index contributed by atoms with van der Waals surface area (Å²) in [6.07, 6.45) is 3.15. The first-order chi connectivity index (χ1) is 18.7. The largest absolute Gasteiger partial charge is 0.480 e. The second-order valence-electron chi connectivity index (χ2n) is 11.5. The van der Waals surface area contributed by atoms with Crippen molar-refractivity contribution in [2.75, 3.05) is 6.54 Å². The molecule has 40 heavy (non-hydrogen) atoms. The summed E-state index contributed by atoms with van der Waals surface area (Å²) in [6, 6.07) is 6.35. The van der Waals surface area contributed by atoms with Crippen molar-refractivity contribution in [1.82, 2.24) is 15.6 Å². The van der Waals surface area contributed by atoms with Crippen LogP contribution in [0.15, 0.2) is 39.9 Å². The average Bonchev–Trinajstić information content (AvgIpc) is 3.35. The molecule has 2 unspecified atom stereocenters. The number of aliphatic carboxylic acids is 1. The number of hydrogen-bond donors (Lipinski definition) is 5. The number of carboxylic acids is 1. The molecule has 0 radical (unpaired) electrons. The number of carbonyl (C=O) groups is 3. The van der Waals surface area contributed by atoms with E-state index in [4.69, 9.17) is 15.9 Å². The van der Waals surface area contributed by atoms with Crippen LogP contribution < -0.4 is 22.1 Å². The van der Waals surface area contributed by atoms with Gasteiger partial charge in [-0.05, 0) is 62.5 Å². The molecule has 2 atom stereocenters. The van der Waals surface area contributed by atoms with Crippen molar-refractivity contribution in [3.05, 3.63) is 53.2 Å². The third-order valence-electron chi connectivity index (χ3n) is 6.50. The molecule has 2 amide bonds. The summed E-state index contributed by atoms with van der Waals surface area (Å²) in [5.74, 6) is -1.27. The zero-order valence-corrected chi connectivity index (χ0v) is 24.4. The molecule has 2 rings (SSSR count).